The van der Waals surface area contributed by atoms with Gasteiger partial charge in [-0.2, -0.15) is 4.31 Å². The maximum atomic E-state index is 13.6. The molecule has 4 rings (SSSR count). The number of likely N-dealkylation sites (N-methyl/N-ethyl adjacent to an activating group) is 1. The van der Waals surface area contributed by atoms with E-state index in [9.17, 15) is 13.5 Å². The number of fused-ring (bicyclic) bond motifs is 1. The fraction of sp³-hybridized carbons (Fsp3) is 0.400. The van der Waals surface area contributed by atoms with E-state index in [1.165, 1.54) is 10.6 Å². The van der Waals surface area contributed by atoms with Crippen molar-refractivity contribution >= 4 is 10.0 Å². The highest BCUT2D eigenvalue weighted by Crippen LogP contribution is 2.36. The van der Waals surface area contributed by atoms with E-state index in [-0.39, 0.29) is 35.8 Å². The number of hydrogen-bond donors (Lipinski definition) is 1. The molecule has 0 saturated carbocycles. The summed E-state index contributed by atoms with van der Waals surface area (Å²) < 4.78 is 35.1. The number of nitrogens with zero attached hydrogens (tertiary/aromatic N) is 5. The molecule has 0 radical (unpaired) electrons. The summed E-state index contributed by atoms with van der Waals surface area (Å²) in [5.74, 6) is 0.158. The summed E-state index contributed by atoms with van der Waals surface area (Å²) in [6, 6.07) is 8.42. The Morgan fingerprint density at radius 3 is 2.54 bits per heavy atom. The molecule has 9 nitrogen and oxygen atoms in total. The molecule has 186 valence electrons. The van der Waals surface area contributed by atoms with Crippen LogP contribution in [0.1, 0.15) is 19.4 Å². The summed E-state index contributed by atoms with van der Waals surface area (Å²) in [4.78, 5) is 14.5. The van der Waals surface area contributed by atoms with Crippen LogP contribution in [0, 0.1) is 5.92 Å². The van der Waals surface area contributed by atoms with Crippen molar-refractivity contribution in [1.29, 1.82) is 0 Å². The Labute approximate surface area is 206 Å². The lowest BCUT2D eigenvalue weighted by molar-refractivity contribution is 0.0734. The Hall–Kier alpha value is -2.92. The van der Waals surface area contributed by atoms with Gasteiger partial charge in [0.05, 0.1) is 6.61 Å². The molecule has 35 heavy (non-hydrogen) atoms. The predicted octanol–water partition coefficient (Wildman–Crippen LogP) is 2.44. The number of aliphatic hydroxyl groups excluding tert-OH is 1. The predicted molar refractivity (Wildman–Crippen MR) is 132 cm³/mol. The van der Waals surface area contributed by atoms with Gasteiger partial charge >= 0.3 is 0 Å². The van der Waals surface area contributed by atoms with Gasteiger partial charge in [-0.1, -0.05) is 13.0 Å². The van der Waals surface area contributed by atoms with E-state index in [4.69, 9.17) is 4.74 Å². The van der Waals surface area contributed by atoms with Crippen molar-refractivity contribution in [2.24, 2.45) is 5.92 Å². The summed E-state index contributed by atoms with van der Waals surface area (Å²) >= 11 is 0. The first-order valence-corrected chi connectivity index (χ1v) is 13.0. The minimum Gasteiger partial charge on any atom is -0.487 e. The first kappa shape index (κ1) is 25.2. The van der Waals surface area contributed by atoms with Gasteiger partial charge < -0.3 is 9.84 Å². The van der Waals surface area contributed by atoms with Gasteiger partial charge in [-0.3, -0.25) is 9.88 Å². The molecule has 0 unspecified atom stereocenters. The van der Waals surface area contributed by atoms with Crippen LogP contribution in [0.2, 0.25) is 0 Å². The first-order chi connectivity index (χ1) is 16.8. The van der Waals surface area contributed by atoms with Gasteiger partial charge in [0, 0.05) is 61.9 Å². The third-order valence-electron chi connectivity index (χ3n) is 6.25. The Morgan fingerprint density at radius 2 is 1.86 bits per heavy atom. The fourth-order valence-corrected chi connectivity index (χ4v) is 6.07. The second-order valence-electron chi connectivity index (χ2n) is 9.08. The Morgan fingerprint density at radius 1 is 1.14 bits per heavy atom. The summed E-state index contributed by atoms with van der Waals surface area (Å²) in [7, 11) is -1.88. The summed E-state index contributed by atoms with van der Waals surface area (Å²) in [6.45, 7) is 4.96. The van der Waals surface area contributed by atoms with E-state index < -0.39 is 16.1 Å². The average molecular weight is 498 g/mol. The number of ether oxygens (including phenoxy) is 1. The van der Waals surface area contributed by atoms with Crippen molar-refractivity contribution in [3.63, 3.8) is 0 Å². The minimum absolute atomic E-state index is 0.0899. The van der Waals surface area contributed by atoms with Gasteiger partial charge in [-0.25, -0.2) is 18.4 Å². The quantitative estimate of drug-likeness (QED) is 0.530. The Balaban J connectivity index is 1.72. The van der Waals surface area contributed by atoms with Crippen LogP contribution in [0.3, 0.4) is 0 Å². The van der Waals surface area contributed by atoms with Crippen LogP contribution in [0.25, 0.3) is 11.1 Å². The number of pyridine rings is 1. The standard InChI is InChI=1S/C25H31N5O4S/c1-18-13-30(19(2)16-31)35(32,33)25-5-4-21(22-11-27-17-28-12-22)10-23(25)34-24(18)15-29(3)14-20-6-8-26-9-7-20/h4-12,17-19,24,31H,13-16H2,1-3H3/t18-,19-,24-/m0/s1. The van der Waals surface area contributed by atoms with Crippen LogP contribution in [0.15, 0.2) is 66.3 Å². The molecule has 2 aromatic heterocycles. The van der Waals surface area contributed by atoms with Gasteiger partial charge in [-0.15, -0.1) is 0 Å². The number of benzene rings is 1. The number of aromatic nitrogens is 3. The normalized spacial score (nSPS) is 20.9. The number of sulfonamides is 1. The largest absolute Gasteiger partial charge is 0.487 e. The van der Waals surface area contributed by atoms with Gasteiger partial charge in [-0.05, 0) is 49.4 Å². The average Bonchev–Trinajstić information content (AvgIpc) is 2.86. The minimum atomic E-state index is -3.89. The van der Waals surface area contributed by atoms with E-state index in [1.54, 1.807) is 49.9 Å². The lowest BCUT2D eigenvalue weighted by Crippen LogP contribution is -2.49. The van der Waals surface area contributed by atoms with E-state index >= 15 is 0 Å². The molecule has 0 fully saturated rings. The second kappa shape index (κ2) is 10.8. The smallest absolute Gasteiger partial charge is 0.247 e. The van der Waals surface area contributed by atoms with Gasteiger partial charge in [0.2, 0.25) is 10.0 Å². The molecule has 3 atom stereocenters. The van der Waals surface area contributed by atoms with Crippen molar-refractivity contribution in [1.82, 2.24) is 24.2 Å². The monoisotopic (exact) mass is 497 g/mol. The third kappa shape index (κ3) is 5.67. The van der Waals surface area contributed by atoms with Crippen molar-refractivity contribution in [2.45, 2.75) is 37.4 Å². The molecule has 1 N–H and O–H groups in total. The van der Waals surface area contributed by atoms with Gasteiger partial charge in [0.15, 0.2) is 0 Å². The molecule has 1 aromatic carbocycles. The molecule has 3 heterocycles. The third-order valence-corrected chi connectivity index (χ3v) is 8.27. The molecule has 0 amide bonds. The number of aliphatic hydroxyl groups is 1. The van der Waals surface area contributed by atoms with Crippen LogP contribution >= 0.6 is 0 Å². The van der Waals surface area contributed by atoms with Crippen LogP contribution in [0.5, 0.6) is 5.75 Å². The lowest BCUT2D eigenvalue weighted by atomic mass is 10.0. The molecule has 1 aliphatic rings. The van der Waals surface area contributed by atoms with Gasteiger partial charge in [0.1, 0.15) is 23.1 Å². The highest BCUT2D eigenvalue weighted by Gasteiger charge is 2.38. The molecule has 0 bridgehead atoms. The van der Waals surface area contributed by atoms with E-state index in [1.807, 2.05) is 26.1 Å². The summed E-state index contributed by atoms with van der Waals surface area (Å²) in [5, 5.41) is 9.82. The molecule has 10 heteroatoms. The molecule has 3 aromatic rings. The molecular weight excluding hydrogens is 466 g/mol. The molecule has 1 aliphatic heterocycles. The maximum Gasteiger partial charge on any atom is 0.247 e. The highest BCUT2D eigenvalue weighted by molar-refractivity contribution is 7.89. The van der Waals surface area contributed by atoms with Gasteiger partial charge in [0.25, 0.3) is 0 Å². The zero-order valence-corrected chi connectivity index (χ0v) is 21.0. The topological polar surface area (TPSA) is 109 Å². The van der Waals surface area contributed by atoms with Crippen LogP contribution in [0.4, 0.5) is 0 Å². The van der Waals surface area contributed by atoms with Crippen molar-refractivity contribution < 1.29 is 18.3 Å². The van der Waals surface area contributed by atoms with E-state index in [2.05, 4.69) is 19.9 Å². The van der Waals surface area contributed by atoms with Crippen molar-refractivity contribution in [2.75, 3.05) is 26.7 Å². The molecule has 0 saturated heterocycles. The number of rotatable bonds is 7. The zero-order valence-electron chi connectivity index (χ0n) is 20.2. The van der Waals surface area contributed by atoms with E-state index in [0.717, 1.165) is 16.7 Å². The lowest BCUT2D eigenvalue weighted by Gasteiger charge is -2.37. The Kier molecular flexibility index (Phi) is 7.75. The first-order valence-electron chi connectivity index (χ1n) is 11.6. The highest BCUT2D eigenvalue weighted by atomic mass is 32.2. The van der Waals surface area contributed by atoms with Crippen LogP contribution < -0.4 is 4.74 Å². The van der Waals surface area contributed by atoms with Crippen LogP contribution in [-0.4, -0.2) is 76.6 Å². The maximum absolute atomic E-state index is 13.6. The fourth-order valence-electron chi connectivity index (χ4n) is 4.24. The SMILES string of the molecule is C[C@H]1CN([C@@H](C)CO)S(=O)(=O)c2ccc(-c3cncnc3)cc2O[C@H]1CN(C)Cc1ccncc1. The zero-order chi connectivity index (χ0) is 25.0. The Bertz CT molecular complexity index is 1230. The van der Waals surface area contributed by atoms with Crippen molar-refractivity contribution in [3.8, 4) is 16.9 Å². The van der Waals surface area contributed by atoms with E-state index in [0.29, 0.717) is 13.1 Å². The molecule has 0 aliphatic carbocycles. The molecule has 0 spiro atoms. The summed E-state index contributed by atoms with van der Waals surface area (Å²) in [6.07, 6.45) is 8.04. The number of hydrogen-bond acceptors (Lipinski definition) is 8. The summed E-state index contributed by atoms with van der Waals surface area (Å²) in [5.41, 5.74) is 2.66. The molecular formula is C25H31N5O4S. The van der Waals surface area contributed by atoms with Crippen molar-refractivity contribution in [3.05, 3.63) is 67.0 Å². The van der Waals surface area contributed by atoms with Crippen LogP contribution in [-0.2, 0) is 16.6 Å². The second-order valence-corrected chi connectivity index (χ2v) is 10.9.